The van der Waals surface area contributed by atoms with Crippen molar-refractivity contribution in [3.8, 4) is 0 Å². The predicted octanol–water partition coefficient (Wildman–Crippen LogP) is 0.274. The number of fused-ring (bicyclic) bond motifs is 2. The van der Waals surface area contributed by atoms with E-state index in [9.17, 15) is 4.57 Å². The van der Waals surface area contributed by atoms with E-state index in [4.69, 9.17) is 34.3 Å². The van der Waals surface area contributed by atoms with Gasteiger partial charge in [-0.15, -0.1) is 0 Å². The standard InChI is InChI=1S/C15H27N4O6P/c1-3-15-6-22-12(14(25-15)19-8-17)13(15)26(20)23-5-10-9(21-2)4-11(24-10)18-7-16/h7-14,26H,3-6H2,1-2H3,(H2,16,18)(H2,17,19)/t9-,10+,11+,12+,13-,14+,15-/m0/s1. The predicted molar refractivity (Wildman–Crippen MR) is 94.3 cm³/mol. The smallest absolute Gasteiger partial charge is 0.200 e. The van der Waals surface area contributed by atoms with Crippen molar-refractivity contribution in [1.29, 1.82) is 10.8 Å². The average Bonchev–Trinajstić information content (AvgIpc) is 3.30. The molecule has 11 heteroatoms. The van der Waals surface area contributed by atoms with Crippen LogP contribution < -0.4 is 10.6 Å². The van der Waals surface area contributed by atoms with Gasteiger partial charge in [-0.25, -0.2) is 0 Å². The first-order chi connectivity index (χ1) is 12.6. The van der Waals surface area contributed by atoms with Crippen molar-refractivity contribution in [2.75, 3.05) is 20.3 Å². The van der Waals surface area contributed by atoms with E-state index < -0.39 is 26.0 Å². The average molecular weight is 390 g/mol. The monoisotopic (exact) mass is 390 g/mol. The number of rotatable bonds is 10. The van der Waals surface area contributed by atoms with Gasteiger partial charge in [-0.2, -0.15) is 0 Å². The Morgan fingerprint density at radius 3 is 2.77 bits per heavy atom. The minimum Gasteiger partial charge on any atom is -0.378 e. The van der Waals surface area contributed by atoms with Gasteiger partial charge < -0.3 is 34.1 Å². The van der Waals surface area contributed by atoms with Crippen LogP contribution in [0.1, 0.15) is 19.8 Å². The lowest BCUT2D eigenvalue weighted by molar-refractivity contribution is -0.147. The molecule has 3 aliphatic heterocycles. The largest absolute Gasteiger partial charge is 0.378 e. The second kappa shape index (κ2) is 8.33. The third-order valence-electron chi connectivity index (χ3n) is 5.34. The van der Waals surface area contributed by atoms with Gasteiger partial charge in [0.2, 0.25) is 0 Å². The van der Waals surface area contributed by atoms with Gasteiger partial charge >= 0.3 is 0 Å². The highest BCUT2D eigenvalue weighted by Gasteiger charge is 2.63. The summed E-state index contributed by atoms with van der Waals surface area (Å²) in [6, 6.07) is 0. The number of ether oxygens (including phenoxy) is 4. The van der Waals surface area contributed by atoms with Crippen molar-refractivity contribution < 1.29 is 28.0 Å². The topological polar surface area (TPSA) is 135 Å². The van der Waals surface area contributed by atoms with Crippen LogP contribution in [-0.2, 0) is 28.0 Å². The number of nitrogens with one attached hydrogen (secondary N) is 4. The summed E-state index contributed by atoms with van der Waals surface area (Å²) in [6.07, 6.45) is 1.61. The van der Waals surface area contributed by atoms with Crippen molar-refractivity contribution in [3.63, 3.8) is 0 Å². The van der Waals surface area contributed by atoms with E-state index in [0.717, 1.165) is 12.7 Å². The van der Waals surface area contributed by atoms with Crippen LogP contribution in [0.2, 0.25) is 0 Å². The first kappa shape index (κ1) is 19.7. The minimum absolute atomic E-state index is 0.137. The van der Waals surface area contributed by atoms with Crippen molar-refractivity contribution in [3.05, 3.63) is 0 Å². The Morgan fingerprint density at radius 2 is 2.12 bits per heavy atom. The third-order valence-corrected chi connectivity index (χ3v) is 7.15. The van der Waals surface area contributed by atoms with Gasteiger partial charge in [0.25, 0.3) is 0 Å². The van der Waals surface area contributed by atoms with Gasteiger partial charge in [-0.05, 0) is 6.42 Å². The van der Waals surface area contributed by atoms with Crippen LogP contribution in [0.4, 0.5) is 0 Å². The zero-order chi connectivity index (χ0) is 18.7. The number of hydrogen-bond acceptors (Lipinski definition) is 8. The lowest BCUT2D eigenvalue weighted by Crippen LogP contribution is -2.44. The quantitative estimate of drug-likeness (QED) is 0.237. The maximum atomic E-state index is 12.9. The fourth-order valence-electron chi connectivity index (χ4n) is 3.94. The van der Waals surface area contributed by atoms with Crippen LogP contribution in [-0.4, -0.2) is 75.0 Å². The first-order valence-corrected chi connectivity index (χ1v) is 10.1. The molecule has 0 aromatic heterocycles. The van der Waals surface area contributed by atoms with Crippen LogP contribution in [0.5, 0.6) is 0 Å². The molecule has 0 spiro atoms. The van der Waals surface area contributed by atoms with E-state index >= 15 is 0 Å². The molecule has 0 aliphatic carbocycles. The van der Waals surface area contributed by atoms with E-state index in [2.05, 4.69) is 10.6 Å². The summed E-state index contributed by atoms with van der Waals surface area (Å²) in [4.78, 5) is 0. The molecule has 4 N–H and O–H groups in total. The SMILES string of the molecule is CC[C@@]12CO[C@@H]([C@H](NC=N)O1)[C@@H]2[PH](=O)OC[C@H]1O[C@@H](NC=N)C[C@@H]1OC. The van der Waals surface area contributed by atoms with E-state index in [0.29, 0.717) is 19.4 Å². The Morgan fingerprint density at radius 1 is 1.35 bits per heavy atom. The van der Waals surface area contributed by atoms with Gasteiger partial charge in [0.1, 0.15) is 24.0 Å². The Labute approximate surface area is 153 Å². The Balaban J connectivity index is 1.61. The van der Waals surface area contributed by atoms with Gasteiger partial charge in [-0.1, -0.05) is 6.92 Å². The molecule has 0 radical (unpaired) electrons. The van der Waals surface area contributed by atoms with E-state index in [-0.39, 0.29) is 30.7 Å². The molecule has 3 rings (SSSR count). The molecule has 3 aliphatic rings. The fourth-order valence-corrected chi connectivity index (χ4v) is 5.78. The molecule has 3 saturated heterocycles. The van der Waals surface area contributed by atoms with Crippen LogP contribution in [0, 0.1) is 10.8 Å². The molecule has 148 valence electrons. The van der Waals surface area contributed by atoms with Gasteiger partial charge in [0.05, 0.1) is 37.7 Å². The first-order valence-electron chi connectivity index (χ1n) is 8.72. The van der Waals surface area contributed by atoms with Crippen LogP contribution in [0.25, 0.3) is 0 Å². The second-order valence-corrected chi connectivity index (χ2v) is 8.18. The molecule has 0 aromatic carbocycles. The van der Waals surface area contributed by atoms with Gasteiger partial charge in [0.15, 0.2) is 14.3 Å². The van der Waals surface area contributed by atoms with Crippen LogP contribution in [0.3, 0.4) is 0 Å². The highest BCUT2D eigenvalue weighted by Crippen LogP contribution is 2.53. The molecule has 0 amide bonds. The Bertz CT molecular complexity index is 554. The summed E-state index contributed by atoms with van der Waals surface area (Å²) in [7, 11) is -0.893. The minimum atomic E-state index is -2.49. The summed E-state index contributed by atoms with van der Waals surface area (Å²) >= 11 is 0. The summed E-state index contributed by atoms with van der Waals surface area (Å²) in [5, 5.41) is 19.9. The van der Waals surface area contributed by atoms with Gasteiger partial charge in [-0.3, -0.25) is 15.4 Å². The van der Waals surface area contributed by atoms with Crippen LogP contribution in [0.15, 0.2) is 0 Å². The molecular formula is C15H27N4O6P. The zero-order valence-corrected chi connectivity index (χ0v) is 15.9. The molecule has 1 unspecified atom stereocenters. The van der Waals surface area contributed by atoms with E-state index in [1.54, 1.807) is 7.11 Å². The summed E-state index contributed by atoms with van der Waals surface area (Å²) < 4.78 is 41.6. The molecule has 3 heterocycles. The summed E-state index contributed by atoms with van der Waals surface area (Å²) in [5.74, 6) is 0. The molecule has 0 saturated carbocycles. The highest BCUT2D eigenvalue weighted by atomic mass is 31.1. The Hall–Kier alpha value is -1.03. The lowest BCUT2D eigenvalue weighted by Gasteiger charge is -2.30. The molecule has 8 atom stereocenters. The second-order valence-electron chi connectivity index (χ2n) is 6.64. The summed E-state index contributed by atoms with van der Waals surface area (Å²) in [5.41, 5.74) is -1.02. The molecule has 26 heavy (non-hydrogen) atoms. The molecular weight excluding hydrogens is 363 g/mol. The normalized spacial score (nSPS) is 42.5. The van der Waals surface area contributed by atoms with Crippen molar-refractivity contribution >= 4 is 20.7 Å². The number of hydrogen-bond donors (Lipinski definition) is 4. The summed E-state index contributed by atoms with van der Waals surface area (Å²) in [6.45, 7) is 2.48. The van der Waals surface area contributed by atoms with E-state index in [1.165, 1.54) is 0 Å². The molecule has 10 nitrogen and oxygen atoms in total. The van der Waals surface area contributed by atoms with E-state index in [1.807, 2.05) is 6.92 Å². The maximum absolute atomic E-state index is 12.9. The molecule has 2 bridgehead atoms. The molecule has 0 aromatic rings. The van der Waals surface area contributed by atoms with Gasteiger partial charge in [0, 0.05) is 13.5 Å². The third kappa shape index (κ3) is 3.54. The van der Waals surface area contributed by atoms with Crippen LogP contribution >= 0.6 is 8.03 Å². The zero-order valence-electron chi connectivity index (χ0n) is 14.9. The number of methoxy groups -OCH3 is 1. The van der Waals surface area contributed by atoms with Crippen molar-refractivity contribution in [2.45, 2.75) is 61.8 Å². The fraction of sp³-hybridized carbons (Fsp3) is 0.867. The van der Waals surface area contributed by atoms with Crippen molar-refractivity contribution in [1.82, 2.24) is 10.6 Å². The highest BCUT2D eigenvalue weighted by molar-refractivity contribution is 7.40. The lowest BCUT2D eigenvalue weighted by atomic mass is 9.99. The Kier molecular flexibility index (Phi) is 6.32. The van der Waals surface area contributed by atoms with Crippen molar-refractivity contribution in [2.24, 2.45) is 0 Å². The maximum Gasteiger partial charge on any atom is 0.200 e. The molecule has 3 fully saturated rings.